The third-order valence-electron chi connectivity index (χ3n) is 2.36. The first-order valence-electron chi connectivity index (χ1n) is 5.83. The van der Waals surface area contributed by atoms with Crippen LogP contribution in [-0.2, 0) is 9.53 Å². The first-order valence-corrected chi connectivity index (χ1v) is 8.15. The smallest absolute Gasteiger partial charge is 0.213 e. The van der Waals surface area contributed by atoms with E-state index in [0.29, 0.717) is 6.61 Å². The van der Waals surface area contributed by atoms with Gasteiger partial charge in [-0.3, -0.25) is 4.79 Å². The molecule has 5 heteroatoms. The highest BCUT2D eigenvalue weighted by atomic mass is 33.1. The summed E-state index contributed by atoms with van der Waals surface area (Å²) in [6.07, 6.45) is 4.17. The molecule has 0 radical (unpaired) electrons. The van der Waals surface area contributed by atoms with Crippen molar-refractivity contribution in [1.82, 2.24) is 4.90 Å². The van der Waals surface area contributed by atoms with Crippen LogP contribution in [0.25, 0.3) is 0 Å². The summed E-state index contributed by atoms with van der Waals surface area (Å²) in [6, 6.07) is 0. The quantitative estimate of drug-likeness (QED) is 0.347. The number of allylic oxidation sites excluding steroid dienone is 1. The number of ether oxygens (including phenoxy) is 1. The molecule has 0 bridgehead atoms. The van der Waals surface area contributed by atoms with Gasteiger partial charge in [0.15, 0.2) is 0 Å². The zero-order valence-electron chi connectivity index (χ0n) is 11.2. The summed E-state index contributed by atoms with van der Waals surface area (Å²) in [5.41, 5.74) is 1.02. The van der Waals surface area contributed by atoms with Crippen molar-refractivity contribution in [3.63, 3.8) is 0 Å². The normalized spacial score (nSPS) is 12.2. The maximum atomic E-state index is 10.7. The summed E-state index contributed by atoms with van der Waals surface area (Å²) in [7, 11) is 7.11. The van der Waals surface area contributed by atoms with Gasteiger partial charge in [0, 0.05) is 36.9 Å². The van der Waals surface area contributed by atoms with E-state index in [1.807, 2.05) is 17.7 Å². The fourth-order valence-corrected chi connectivity index (χ4v) is 3.77. The molecular formula is C12H23NO2S2. The molecular weight excluding hydrogens is 254 g/mol. The lowest BCUT2D eigenvalue weighted by molar-refractivity contribution is -0.115. The second-order valence-corrected chi connectivity index (χ2v) is 6.24. The van der Waals surface area contributed by atoms with Crippen molar-refractivity contribution in [3.8, 4) is 0 Å². The predicted molar refractivity (Wildman–Crippen MR) is 78.0 cm³/mol. The highest BCUT2D eigenvalue weighted by molar-refractivity contribution is 8.78. The van der Waals surface area contributed by atoms with Gasteiger partial charge >= 0.3 is 0 Å². The van der Waals surface area contributed by atoms with E-state index >= 15 is 0 Å². The molecule has 0 heterocycles. The SMILES string of the molecule is CCCCSS/C(CCOC)=C(/C)N(C)C=O. The van der Waals surface area contributed by atoms with Crippen LogP contribution < -0.4 is 0 Å². The number of amides is 1. The van der Waals surface area contributed by atoms with Crippen molar-refractivity contribution < 1.29 is 9.53 Å². The molecule has 0 unspecified atom stereocenters. The van der Waals surface area contributed by atoms with Gasteiger partial charge in [0.1, 0.15) is 0 Å². The number of unbranched alkanes of at least 4 members (excludes halogenated alkanes) is 1. The Labute approximate surface area is 113 Å². The highest BCUT2D eigenvalue weighted by Gasteiger charge is 2.08. The van der Waals surface area contributed by atoms with Crippen molar-refractivity contribution in [2.75, 3.05) is 26.5 Å². The standard InChI is InChI=1S/C12H23NO2S2/c1-5-6-9-16-17-12(7-8-15-4)11(2)13(3)10-14/h10H,5-9H2,1-4H3/b12-11-. The van der Waals surface area contributed by atoms with Crippen LogP contribution in [0.3, 0.4) is 0 Å². The average Bonchev–Trinajstić information content (AvgIpc) is 2.36. The molecule has 0 fully saturated rings. The lowest BCUT2D eigenvalue weighted by atomic mass is 10.3. The first kappa shape index (κ1) is 16.9. The number of hydrogen-bond acceptors (Lipinski definition) is 4. The third-order valence-corrected chi connectivity index (χ3v) is 5.10. The van der Waals surface area contributed by atoms with Gasteiger partial charge in [-0.05, 0) is 13.3 Å². The van der Waals surface area contributed by atoms with Crippen LogP contribution in [0.1, 0.15) is 33.1 Å². The zero-order chi connectivity index (χ0) is 13.1. The van der Waals surface area contributed by atoms with E-state index in [2.05, 4.69) is 6.92 Å². The molecule has 1 amide bonds. The number of nitrogens with zero attached hydrogens (tertiary/aromatic N) is 1. The Morgan fingerprint density at radius 2 is 2.18 bits per heavy atom. The highest BCUT2D eigenvalue weighted by Crippen LogP contribution is 2.35. The molecule has 0 aliphatic carbocycles. The van der Waals surface area contributed by atoms with E-state index < -0.39 is 0 Å². The topological polar surface area (TPSA) is 29.5 Å². The number of carbonyl (C=O) groups excluding carboxylic acids is 1. The van der Waals surface area contributed by atoms with E-state index in [4.69, 9.17) is 4.74 Å². The lowest BCUT2D eigenvalue weighted by Crippen LogP contribution is -2.14. The number of methoxy groups -OCH3 is 1. The van der Waals surface area contributed by atoms with Crippen LogP contribution in [0.2, 0.25) is 0 Å². The van der Waals surface area contributed by atoms with E-state index in [9.17, 15) is 4.79 Å². The van der Waals surface area contributed by atoms with Crippen LogP contribution in [-0.4, -0.2) is 37.8 Å². The Hall–Kier alpha value is -0.130. The number of carbonyl (C=O) groups is 1. The fourth-order valence-electron chi connectivity index (χ4n) is 1.07. The van der Waals surface area contributed by atoms with E-state index in [1.54, 1.807) is 29.9 Å². The van der Waals surface area contributed by atoms with E-state index in [0.717, 1.165) is 24.3 Å². The van der Waals surface area contributed by atoms with Crippen LogP contribution in [0.5, 0.6) is 0 Å². The molecule has 0 aromatic heterocycles. The molecule has 17 heavy (non-hydrogen) atoms. The maximum absolute atomic E-state index is 10.7. The summed E-state index contributed by atoms with van der Waals surface area (Å²) < 4.78 is 5.10. The minimum atomic E-state index is 0.695. The molecule has 0 atom stereocenters. The summed E-state index contributed by atoms with van der Waals surface area (Å²) in [5, 5.41) is 0. The molecule has 0 saturated carbocycles. The van der Waals surface area contributed by atoms with Gasteiger partial charge in [-0.1, -0.05) is 34.9 Å². The van der Waals surface area contributed by atoms with Crippen molar-refractivity contribution >= 4 is 28.0 Å². The van der Waals surface area contributed by atoms with Gasteiger partial charge in [0.05, 0.1) is 6.61 Å². The number of hydrogen-bond donors (Lipinski definition) is 0. The van der Waals surface area contributed by atoms with Crippen LogP contribution >= 0.6 is 21.6 Å². The minimum Gasteiger partial charge on any atom is -0.384 e. The Balaban J connectivity index is 4.35. The lowest BCUT2D eigenvalue weighted by Gasteiger charge is -2.16. The Bertz CT molecular complexity index is 245. The Kier molecular flexibility index (Phi) is 10.9. The first-order chi connectivity index (χ1) is 8.17. The summed E-state index contributed by atoms with van der Waals surface area (Å²) in [4.78, 5) is 13.6. The van der Waals surface area contributed by atoms with Crippen LogP contribution in [0.15, 0.2) is 10.6 Å². The molecule has 0 saturated heterocycles. The number of rotatable bonds is 10. The van der Waals surface area contributed by atoms with Crippen LogP contribution in [0, 0.1) is 0 Å². The van der Waals surface area contributed by atoms with Gasteiger partial charge in [-0.15, -0.1) is 0 Å². The van der Waals surface area contributed by atoms with Crippen LogP contribution in [0.4, 0.5) is 0 Å². The van der Waals surface area contributed by atoms with Crippen molar-refractivity contribution in [2.45, 2.75) is 33.1 Å². The average molecular weight is 277 g/mol. The van der Waals surface area contributed by atoms with E-state index in [1.165, 1.54) is 17.7 Å². The zero-order valence-corrected chi connectivity index (χ0v) is 12.8. The Morgan fingerprint density at radius 3 is 2.71 bits per heavy atom. The second kappa shape index (κ2) is 11.0. The largest absolute Gasteiger partial charge is 0.384 e. The van der Waals surface area contributed by atoms with Gasteiger partial charge < -0.3 is 9.64 Å². The van der Waals surface area contributed by atoms with Crippen molar-refractivity contribution in [1.29, 1.82) is 0 Å². The summed E-state index contributed by atoms with van der Waals surface area (Å²) in [5.74, 6) is 1.15. The van der Waals surface area contributed by atoms with Gasteiger partial charge in [0.25, 0.3) is 0 Å². The maximum Gasteiger partial charge on any atom is 0.213 e. The molecule has 0 N–H and O–H groups in total. The molecule has 0 aliphatic rings. The van der Waals surface area contributed by atoms with Gasteiger partial charge in [-0.25, -0.2) is 0 Å². The Morgan fingerprint density at radius 1 is 1.47 bits per heavy atom. The molecule has 0 aliphatic heterocycles. The van der Waals surface area contributed by atoms with Gasteiger partial charge in [0.2, 0.25) is 6.41 Å². The predicted octanol–water partition coefficient (Wildman–Crippen LogP) is 3.52. The fraction of sp³-hybridized carbons (Fsp3) is 0.750. The molecule has 0 aromatic rings. The molecule has 0 aromatic carbocycles. The van der Waals surface area contributed by atoms with Gasteiger partial charge in [-0.2, -0.15) is 0 Å². The molecule has 100 valence electrons. The monoisotopic (exact) mass is 277 g/mol. The molecule has 3 nitrogen and oxygen atoms in total. The summed E-state index contributed by atoms with van der Waals surface area (Å²) >= 11 is 0. The van der Waals surface area contributed by atoms with Crippen molar-refractivity contribution in [3.05, 3.63) is 10.6 Å². The van der Waals surface area contributed by atoms with Crippen molar-refractivity contribution in [2.24, 2.45) is 0 Å². The second-order valence-electron chi connectivity index (χ2n) is 3.73. The van der Waals surface area contributed by atoms with E-state index in [-0.39, 0.29) is 0 Å². The third kappa shape index (κ3) is 7.73. The molecule has 0 rings (SSSR count). The summed E-state index contributed by atoms with van der Waals surface area (Å²) in [6.45, 7) is 4.87. The minimum absolute atomic E-state index is 0.695. The molecule has 0 spiro atoms.